The van der Waals surface area contributed by atoms with Gasteiger partial charge in [0.2, 0.25) is 0 Å². The lowest BCUT2D eigenvalue weighted by Crippen LogP contribution is -2.11. The Morgan fingerprint density at radius 2 is 1.93 bits per heavy atom. The summed E-state index contributed by atoms with van der Waals surface area (Å²) in [4.78, 5) is 0. The predicted octanol–water partition coefficient (Wildman–Crippen LogP) is 0.0498. The fourth-order valence-electron chi connectivity index (χ4n) is 1.09. The highest BCUT2D eigenvalue weighted by Gasteiger charge is 2.04. The molecule has 4 N–H and O–H groups in total. The van der Waals surface area contributed by atoms with Gasteiger partial charge in [0.05, 0.1) is 12.7 Å². The molecule has 0 aliphatic rings. The lowest BCUT2D eigenvalue weighted by molar-refractivity contribution is 0.186. The number of aliphatic hydroxyl groups excluding tert-OH is 2. The number of rotatable bonds is 5. The van der Waals surface area contributed by atoms with E-state index in [1.165, 1.54) is 0 Å². The van der Waals surface area contributed by atoms with E-state index in [0.717, 1.165) is 5.56 Å². The molecule has 0 fully saturated rings. The fourth-order valence-corrected chi connectivity index (χ4v) is 1.09. The summed E-state index contributed by atoms with van der Waals surface area (Å²) in [5.41, 5.74) is 6.08. The van der Waals surface area contributed by atoms with Crippen LogP contribution in [0.25, 0.3) is 0 Å². The number of benzene rings is 1. The Morgan fingerprint density at radius 1 is 1.29 bits per heavy atom. The Balaban J connectivity index is 2.59. The molecule has 0 aromatic heterocycles. The van der Waals surface area contributed by atoms with Gasteiger partial charge >= 0.3 is 0 Å². The van der Waals surface area contributed by atoms with E-state index in [2.05, 4.69) is 0 Å². The van der Waals surface area contributed by atoms with Crippen LogP contribution in [0.2, 0.25) is 0 Å². The van der Waals surface area contributed by atoms with E-state index in [9.17, 15) is 5.11 Å². The summed E-state index contributed by atoms with van der Waals surface area (Å²) in [6, 6.07) is 6.99. The quantitative estimate of drug-likeness (QED) is 0.623. The molecular weight excluding hydrogens is 182 g/mol. The van der Waals surface area contributed by atoms with E-state index in [1.54, 1.807) is 24.3 Å². The van der Waals surface area contributed by atoms with E-state index in [-0.39, 0.29) is 19.8 Å². The Kier molecular flexibility index (Phi) is 4.39. The molecule has 0 saturated heterocycles. The molecule has 0 bridgehead atoms. The van der Waals surface area contributed by atoms with E-state index < -0.39 is 6.10 Å². The summed E-state index contributed by atoms with van der Waals surface area (Å²) in [5, 5.41) is 17.9. The molecule has 1 rings (SSSR count). The monoisotopic (exact) mass is 197 g/mol. The van der Waals surface area contributed by atoms with Gasteiger partial charge in [0.1, 0.15) is 12.4 Å². The van der Waals surface area contributed by atoms with Crippen LogP contribution in [-0.2, 0) is 0 Å². The van der Waals surface area contributed by atoms with Gasteiger partial charge in [-0.2, -0.15) is 0 Å². The molecule has 1 aromatic rings. The molecule has 1 aromatic carbocycles. The second-order valence-electron chi connectivity index (χ2n) is 2.89. The molecule has 0 radical (unpaired) electrons. The second kappa shape index (κ2) is 5.59. The number of hydrogen-bond acceptors (Lipinski definition) is 4. The first-order valence-corrected chi connectivity index (χ1v) is 4.49. The molecule has 1 unspecified atom stereocenters. The van der Waals surface area contributed by atoms with Crippen molar-refractivity contribution >= 4 is 0 Å². The number of hydrogen-bond donors (Lipinski definition) is 3. The summed E-state index contributed by atoms with van der Waals surface area (Å²) in [5.74, 6) is 0.673. The van der Waals surface area contributed by atoms with Gasteiger partial charge in [0.15, 0.2) is 0 Å². The van der Waals surface area contributed by atoms with Crippen LogP contribution < -0.4 is 10.5 Å². The maximum Gasteiger partial charge on any atom is 0.119 e. The Hall–Kier alpha value is -1.10. The van der Waals surface area contributed by atoms with Crippen molar-refractivity contribution in [2.45, 2.75) is 6.10 Å². The minimum atomic E-state index is -0.623. The first-order valence-electron chi connectivity index (χ1n) is 4.49. The second-order valence-corrected chi connectivity index (χ2v) is 2.89. The van der Waals surface area contributed by atoms with Crippen LogP contribution in [-0.4, -0.2) is 30.0 Å². The van der Waals surface area contributed by atoms with E-state index >= 15 is 0 Å². The molecule has 14 heavy (non-hydrogen) atoms. The van der Waals surface area contributed by atoms with Crippen molar-refractivity contribution in [3.05, 3.63) is 29.8 Å². The lowest BCUT2D eigenvalue weighted by atomic mass is 10.1. The van der Waals surface area contributed by atoms with E-state index in [1.807, 2.05) is 0 Å². The first kappa shape index (κ1) is 11.0. The summed E-state index contributed by atoms with van der Waals surface area (Å²) in [7, 11) is 0. The smallest absolute Gasteiger partial charge is 0.119 e. The van der Waals surface area contributed by atoms with Gasteiger partial charge in [-0.15, -0.1) is 0 Å². The molecule has 78 valence electrons. The van der Waals surface area contributed by atoms with Crippen LogP contribution in [0, 0.1) is 0 Å². The van der Waals surface area contributed by atoms with Gasteiger partial charge in [0.25, 0.3) is 0 Å². The van der Waals surface area contributed by atoms with Crippen molar-refractivity contribution in [2.24, 2.45) is 5.73 Å². The molecule has 4 nitrogen and oxygen atoms in total. The zero-order valence-corrected chi connectivity index (χ0v) is 7.89. The van der Waals surface area contributed by atoms with Crippen molar-refractivity contribution in [2.75, 3.05) is 19.8 Å². The molecule has 0 aliphatic carbocycles. The molecular formula is C10H15NO3. The van der Waals surface area contributed by atoms with Gasteiger partial charge in [-0.3, -0.25) is 0 Å². The molecule has 0 saturated carbocycles. The van der Waals surface area contributed by atoms with Crippen molar-refractivity contribution in [3.8, 4) is 5.75 Å². The summed E-state index contributed by atoms with van der Waals surface area (Å²) in [6.07, 6.45) is -0.623. The Bertz CT molecular complexity index is 261. The highest BCUT2D eigenvalue weighted by molar-refractivity contribution is 5.28. The number of ether oxygens (including phenoxy) is 1. The van der Waals surface area contributed by atoms with Crippen molar-refractivity contribution in [1.82, 2.24) is 0 Å². The standard InChI is InChI=1S/C10H15NO3/c11-7-10(13)8-1-3-9(4-2-8)14-6-5-12/h1-4,10,12-13H,5-7,11H2. The zero-order valence-electron chi connectivity index (χ0n) is 7.89. The number of aliphatic hydroxyl groups is 2. The lowest BCUT2D eigenvalue weighted by Gasteiger charge is -2.09. The van der Waals surface area contributed by atoms with Crippen molar-refractivity contribution < 1.29 is 14.9 Å². The van der Waals surface area contributed by atoms with E-state index in [0.29, 0.717) is 5.75 Å². The van der Waals surface area contributed by atoms with Gasteiger partial charge in [-0.25, -0.2) is 0 Å². The third-order valence-corrected chi connectivity index (χ3v) is 1.85. The third-order valence-electron chi connectivity index (χ3n) is 1.85. The SMILES string of the molecule is NCC(O)c1ccc(OCCO)cc1. The number of nitrogens with two attached hydrogens (primary N) is 1. The molecule has 0 aliphatic heterocycles. The van der Waals surface area contributed by atoms with Crippen LogP contribution in [0.5, 0.6) is 5.75 Å². The van der Waals surface area contributed by atoms with Crippen LogP contribution in [0.3, 0.4) is 0 Å². The van der Waals surface area contributed by atoms with Crippen LogP contribution in [0.1, 0.15) is 11.7 Å². The van der Waals surface area contributed by atoms with Gasteiger partial charge in [0, 0.05) is 6.54 Å². The topological polar surface area (TPSA) is 75.7 Å². The van der Waals surface area contributed by atoms with Crippen LogP contribution in [0.15, 0.2) is 24.3 Å². The maximum atomic E-state index is 9.39. The summed E-state index contributed by atoms with van der Waals surface area (Å²) < 4.78 is 5.16. The van der Waals surface area contributed by atoms with Gasteiger partial charge in [-0.1, -0.05) is 12.1 Å². The van der Waals surface area contributed by atoms with E-state index in [4.69, 9.17) is 15.6 Å². The Morgan fingerprint density at radius 3 is 2.43 bits per heavy atom. The molecule has 0 spiro atoms. The highest BCUT2D eigenvalue weighted by Crippen LogP contribution is 2.16. The third kappa shape index (κ3) is 2.99. The van der Waals surface area contributed by atoms with Crippen molar-refractivity contribution in [3.63, 3.8) is 0 Å². The summed E-state index contributed by atoms with van der Waals surface area (Å²) >= 11 is 0. The molecule has 0 heterocycles. The average molecular weight is 197 g/mol. The minimum Gasteiger partial charge on any atom is -0.491 e. The maximum absolute atomic E-state index is 9.39. The highest BCUT2D eigenvalue weighted by atomic mass is 16.5. The zero-order chi connectivity index (χ0) is 10.4. The molecule has 4 heteroatoms. The fraction of sp³-hybridized carbons (Fsp3) is 0.400. The Labute approximate surface area is 82.9 Å². The first-order chi connectivity index (χ1) is 6.77. The van der Waals surface area contributed by atoms with Crippen LogP contribution in [0.4, 0.5) is 0 Å². The van der Waals surface area contributed by atoms with Crippen LogP contribution >= 0.6 is 0 Å². The largest absolute Gasteiger partial charge is 0.491 e. The average Bonchev–Trinajstić information content (AvgIpc) is 2.26. The van der Waals surface area contributed by atoms with Gasteiger partial charge in [-0.05, 0) is 17.7 Å². The normalized spacial score (nSPS) is 12.5. The molecule has 1 atom stereocenters. The summed E-state index contributed by atoms with van der Waals surface area (Å²) in [6.45, 7) is 0.475. The van der Waals surface area contributed by atoms with Crippen molar-refractivity contribution in [1.29, 1.82) is 0 Å². The minimum absolute atomic E-state index is 0.00677. The molecule has 0 amide bonds. The van der Waals surface area contributed by atoms with Gasteiger partial charge < -0.3 is 20.7 Å². The predicted molar refractivity (Wildman–Crippen MR) is 53.0 cm³/mol.